The smallest absolute Gasteiger partial charge is 0.576 e. The molecule has 0 saturated heterocycles. The first-order valence-corrected chi connectivity index (χ1v) is 4.15. The molecule has 0 saturated carbocycles. The first-order valence-electron chi connectivity index (χ1n) is 4.15. The van der Waals surface area contributed by atoms with Crippen LogP contribution in [0.2, 0.25) is 0 Å². The maximum absolute atomic E-state index is 4.53. The molecule has 3 heterocycles. The maximum Gasteiger partial charge on any atom is 3.00 e. The predicted octanol–water partition coefficient (Wildman–Crippen LogP) is 2.86. The van der Waals surface area contributed by atoms with Gasteiger partial charge in [-0.3, -0.25) is 0 Å². The third-order valence-electron chi connectivity index (χ3n) is 1.14. The molecular weight excluding hydrogens is 219 g/mol. The van der Waals surface area contributed by atoms with Crippen LogP contribution in [0.1, 0.15) is 0 Å². The van der Waals surface area contributed by atoms with Gasteiger partial charge in [-0.05, 0) is 18.8 Å². The van der Waals surface area contributed by atoms with Crippen molar-refractivity contribution in [2.45, 2.75) is 0 Å². The van der Waals surface area contributed by atoms with E-state index in [-0.39, 0.29) is 17.4 Å². The monoisotopic (exact) mass is 228 g/mol. The van der Waals surface area contributed by atoms with E-state index in [9.17, 15) is 0 Å². The number of rotatable bonds is 0. The van der Waals surface area contributed by atoms with Crippen molar-refractivity contribution in [3.8, 4) is 0 Å². The normalized spacial score (nSPS) is 7.50. The maximum atomic E-state index is 4.53. The second kappa shape index (κ2) is 11.4. The molecule has 0 amide bonds. The van der Waals surface area contributed by atoms with Gasteiger partial charge >= 0.3 is 17.4 Å². The molecule has 16 heavy (non-hydrogen) atoms. The summed E-state index contributed by atoms with van der Waals surface area (Å²) in [7, 11) is 0. The summed E-state index contributed by atoms with van der Waals surface area (Å²) in [5.41, 5.74) is 0. The minimum atomic E-state index is 0. The average molecular weight is 228 g/mol. The average Bonchev–Trinajstić information content (AvgIpc) is 3.09. The number of hydrogen-bond acceptors (Lipinski definition) is 3. The van der Waals surface area contributed by atoms with E-state index in [1.165, 1.54) is 18.8 Å². The minimum Gasteiger partial charge on any atom is -0.576 e. The summed E-state index contributed by atoms with van der Waals surface area (Å²) < 4.78 is 13.6. The Labute approximate surface area is 105 Å². The zero-order valence-corrected chi connectivity index (χ0v) is 9.65. The van der Waals surface area contributed by atoms with Gasteiger partial charge in [0.15, 0.2) is 0 Å². The van der Waals surface area contributed by atoms with Crippen molar-refractivity contribution in [3.05, 3.63) is 74.0 Å². The number of furan rings is 3. The van der Waals surface area contributed by atoms with E-state index < -0.39 is 0 Å². The van der Waals surface area contributed by atoms with Gasteiger partial charge in [0.2, 0.25) is 0 Å². The van der Waals surface area contributed by atoms with Crippen molar-refractivity contribution in [1.29, 1.82) is 0 Å². The van der Waals surface area contributed by atoms with Crippen molar-refractivity contribution < 1.29 is 13.3 Å². The van der Waals surface area contributed by atoms with Crippen molar-refractivity contribution >= 4 is 17.4 Å². The van der Waals surface area contributed by atoms with Gasteiger partial charge in [0.1, 0.15) is 0 Å². The van der Waals surface area contributed by atoms with E-state index in [4.69, 9.17) is 0 Å². The third kappa shape index (κ3) is 8.95. The second-order valence-corrected chi connectivity index (χ2v) is 2.17. The van der Waals surface area contributed by atoms with E-state index in [1.54, 1.807) is 37.0 Å². The van der Waals surface area contributed by atoms with Crippen LogP contribution in [0.15, 0.2) is 69.0 Å². The van der Waals surface area contributed by atoms with E-state index in [1.807, 2.05) is 0 Å². The summed E-state index contributed by atoms with van der Waals surface area (Å²) in [6.07, 6.45) is 9.21. The molecule has 3 rings (SSSR count). The molecule has 0 radical (unpaired) electrons. The second-order valence-electron chi connectivity index (χ2n) is 2.17. The zero-order valence-electron chi connectivity index (χ0n) is 8.50. The summed E-state index contributed by atoms with van der Waals surface area (Å²) in [6.45, 7) is 0. The molecule has 0 spiro atoms. The molecule has 3 nitrogen and oxygen atoms in total. The molecule has 0 aliphatic carbocycles. The van der Waals surface area contributed by atoms with Gasteiger partial charge in [0.05, 0.1) is 0 Å². The van der Waals surface area contributed by atoms with Crippen LogP contribution in [0.3, 0.4) is 0 Å². The Hall–Kier alpha value is -1.63. The van der Waals surface area contributed by atoms with Gasteiger partial charge in [0.25, 0.3) is 0 Å². The van der Waals surface area contributed by atoms with Crippen molar-refractivity contribution in [2.75, 3.05) is 0 Å². The molecule has 0 bridgehead atoms. The van der Waals surface area contributed by atoms with E-state index in [0.717, 1.165) is 0 Å². The molecule has 78 valence electrons. The standard InChI is InChI=1S/3C4H3O.Al/c3*1-2-4-5-3-1;/h3*1,3-4H;/q3*-1;+3. The molecule has 3 aromatic heterocycles. The Balaban J connectivity index is 0.000000205. The fourth-order valence-corrected chi connectivity index (χ4v) is 0.589. The van der Waals surface area contributed by atoms with Gasteiger partial charge < -0.3 is 13.3 Å². The van der Waals surface area contributed by atoms with E-state index in [2.05, 4.69) is 31.5 Å². The number of hydrogen-bond donors (Lipinski definition) is 0. The van der Waals surface area contributed by atoms with Crippen LogP contribution in [-0.4, -0.2) is 17.4 Å². The summed E-state index contributed by atoms with van der Waals surface area (Å²) in [5.74, 6) is 0. The van der Waals surface area contributed by atoms with Crippen LogP contribution in [0.25, 0.3) is 0 Å². The van der Waals surface area contributed by atoms with Crippen molar-refractivity contribution in [2.24, 2.45) is 0 Å². The SMILES string of the molecule is [Al+3].[c-]1ccoc1.[c-]1ccoc1.[c-]1ccoc1. The fourth-order valence-electron chi connectivity index (χ4n) is 0.589. The van der Waals surface area contributed by atoms with Crippen LogP contribution in [0.5, 0.6) is 0 Å². The van der Waals surface area contributed by atoms with E-state index in [0.29, 0.717) is 0 Å². The molecule has 0 fully saturated rings. The van der Waals surface area contributed by atoms with Gasteiger partial charge in [-0.1, -0.05) is 18.8 Å². The fraction of sp³-hybridized carbons (Fsp3) is 0. The molecule has 4 heteroatoms. The van der Waals surface area contributed by atoms with Crippen molar-refractivity contribution in [3.63, 3.8) is 0 Å². The molecule has 0 aromatic carbocycles. The predicted molar refractivity (Wildman–Crippen MR) is 58.4 cm³/mol. The first-order chi connectivity index (χ1) is 7.50. The quantitative estimate of drug-likeness (QED) is 0.438. The molecular formula is C12H9AlO3. The zero-order chi connectivity index (χ0) is 10.6. The summed E-state index contributed by atoms with van der Waals surface area (Å²) in [5, 5.41) is 0. The Morgan fingerprint density at radius 2 is 0.875 bits per heavy atom. The molecule has 0 atom stereocenters. The Morgan fingerprint density at radius 1 is 0.562 bits per heavy atom. The molecule has 0 aliphatic rings. The largest absolute Gasteiger partial charge is 3.00 e. The van der Waals surface area contributed by atoms with Gasteiger partial charge in [-0.2, -0.15) is 18.2 Å². The van der Waals surface area contributed by atoms with Crippen LogP contribution in [-0.2, 0) is 0 Å². The molecule has 0 N–H and O–H groups in total. The Bertz CT molecular complexity index is 248. The third-order valence-corrected chi connectivity index (χ3v) is 1.14. The summed E-state index contributed by atoms with van der Waals surface area (Å²) in [6, 6.07) is 13.2. The van der Waals surface area contributed by atoms with Crippen LogP contribution in [0, 0.1) is 18.2 Å². The Morgan fingerprint density at radius 3 is 0.938 bits per heavy atom. The van der Waals surface area contributed by atoms with Crippen LogP contribution < -0.4 is 0 Å². The van der Waals surface area contributed by atoms with Gasteiger partial charge in [-0.15, -0.1) is 0 Å². The van der Waals surface area contributed by atoms with Gasteiger partial charge in [0, 0.05) is 0 Å². The van der Waals surface area contributed by atoms with E-state index >= 15 is 0 Å². The molecule has 0 aliphatic heterocycles. The molecule has 0 unspecified atom stereocenters. The summed E-state index contributed by atoms with van der Waals surface area (Å²) in [4.78, 5) is 0. The van der Waals surface area contributed by atoms with Crippen LogP contribution >= 0.6 is 0 Å². The summed E-state index contributed by atoms with van der Waals surface area (Å²) >= 11 is 0. The topological polar surface area (TPSA) is 39.4 Å². The first kappa shape index (κ1) is 14.4. The molecule has 3 aromatic rings. The minimum absolute atomic E-state index is 0. The van der Waals surface area contributed by atoms with Crippen molar-refractivity contribution in [1.82, 2.24) is 0 Å². The van der Waals surface area contributed by atoms with Gasteiger partial charge in [-0.25, -0.2) is 18.2 Å². The van der Waals surface area contributed by atoms with Crippen LogP contribution in [0.4, 0.5) is 0 Å². The Kier molecular flexibility index (Phi) is 10.3.